The summed E-state index contributed by atoms with van der Waals surface area (Å²) in [7, 11) is 3.78. The predicted octanol–water partition coefficient (Wildman–Crippen LogP) is 0.172. The molecule has 3 heteroatoms. The highest BCUT2D eigenvalue weighted by Crippen LogP contribution is 2.10. The van der Waals surface area contributed by atoms with Gasteiger partial charge in [0, 0.05) is 13.8 Å². The van der Waals surface area contributed by atoms with Crippen molar-refractivity contribution in [1.82, 2.24) is 4.57 Å². The van der Waals surface area contributed by atoms with E-state index in [1.54, 1.807) is 4.57 Å². The zero-order valence-corrected chi connectivity index (χ0v) is 6.84. The Morgan fingerprint density at radius 2 is 1.90 bits per heavy atom. The molecule has 0 bridgehead atoms. The quantitative estimate of drug-likeness (QED) is 0.513. The minimum Gasteiger partial charge on any atom is -0.475 e. The standard InChI is InChI=1S/C7H12N2O/c1-5-7(10)9(4)6(2)8(5)3/h1-4H3/p+1. The molecule has 0 amide bonds. The highest BCUT2D eigenvalue weighted by molar-refractivity contribution is 5.11. The summed E-state index contributed by atoms with van der Waals surface area (Å²) in [6.07, 6.45) is 0. The first-order valence-electron chi connectivity index (χ1n) is 3.26. The molecule has 0 radical (unpaired) electrons. The van der Waals surface area contributed by atoms with Gasteiger partial charge in [0.05, 0.1) is 14.1 Å². The summed E-state index contributed by atoms with van der Waals surface area (Å²) in [4.78, 5) is 0. The lowest BCUT2D eigenvalue weighted by molar-refractivity contribution is -0.683. The third kappa shape index (κ3) is 0.701. The molecule has 1 heterocycles. The van der Waals surface area contributed by atoms with Crippen LogP contribution in [-0.4, -0.2) is 9.67 Å². The van der Waals surface area contributed by atoms with Crippen LogP contribution in [0, 0.1) is 13.8 Å². The highest BCUT2D eigenvalue weighted by atomic mass is 16.3. The van der Waals surface area contributed by atoms with Crippen molar-refractivity contribution in [2.45, 2.75) is 13.8 Å². The van der Waals surface area contributed by atoms with E-state index in [4.69, 9.17) is 0 Å². The Labute approximate surface area is 60.5 Å². The van der Waals surface area contributed by atoms with Crippen LogP contribution in [0.1, 0.15) is 11.5 Å². The molecule has 1 rings (SSSR count). The molecule has 1 N–H and O–H groups in total. The normalized spacial score (nSPS) is 10.4. The topological polar surface area (TPSA) is 29.0 Å². The number of hydrogen-bond acceptors (Lipinski definition) is 1. The number of nitrogens with zero attached hydrogens (tertiary/aromatic N) is 2. The Bertz CT molecular complexity index is 183. The van der Waals surface area contributed by atoms with E-state index < -0.39 is 0 Å². The number of hydrogen-bond donors (Lipinski definition) is 1. The van der Waals surface area contributed by atoms with Gasteiger partial charge in [-0.05, 0) is 0 Å². The molecule has 1 aromatic heterocycles. The second-order valence-corrected chi connectivity index (χ2v) is 2.57. The van der Waals surface area contributed by atoms with E-state index in [0.29, 0.717) is 5.88 Å². The monoisotopic (exact) mass is 141 g/mol. The van der Waals surface area contributed by atoms with Crippen LogP contribution in [0.25, 0.3) is 0 Å². The number of imidazole rings is 1. The summed E-state index contributed by atoms with van der Waals surface area (Å²) in [6.45, 7) is 3.86. The fourth-order valence-electron chi connectivity index (χ4n) is 1.01. The van der Waals surface area contributed by atoms with Gasteiger partial charge in [-0.3, -0.25) is 0 Å². The smallest absolute Gasteiger partial charge is 0.325 e. The molecule has 0 unspecified atom stereocenters. The second kappa shape index (κ2) is 2.01. The molecular weight excluding hydrogens is 128 g/mol. The Kier molecular flexibility index (Phi) is 1.43. The van der Waals surface area contributed by atoms with Gasteiger partial charge >= 0.3 is 5.88 Å². The van der Waals surface area contributed by atoms with Crippen LogP contribution in [0.15, 0.2) is 0 Å². The first-order chi connectivity index (χ1) is 4.55. The molecule has 3 nitrogen and oxygen atoms in total. The van der Waals surface area contributed by atoms with E-state index in [9.17, 15) is 5.11 Å². The van der Waals surface area contributed by atoms with Gasteiger partial charge in [-0.15, -0.1) is 0 Å². The van der Waals surface area contributed by atoms with E-state index >= 15 is 0 Å². The van der Waals surface area contributed by atoms with Gasteiger partial charge in [-0.2, -0.15) is 0 Å². The molecule has 0 aromatic carbocycles. The van der Waals surface area contributed by atoms with Crippen molar-refractivity contribution < 1.29 is 9.67 Å². The Morgan fingerprint density at radius 1 is 1.40 bits per heavy atom. The van der Waals surface area contributed by atoms with Crippen molar-refractivity contribution in [2.24, 2.45) is 14.1 Å². The average molecular weight is 141 g/mol. The Morgan fingerprint density at radius 3 is 2.00 bits per heavy atom. The summed E-state index contributed by atoms with van der Waals surface area (Å²) >= 11 is 0. The van der Waals surface area contributed by atoms with Crippen molar-refractivity contribution >= 4 is 0 Å². The summed E-state index contributed by atoms with van der Waals surface area (Å²) in [5, 5.41) is 9.35. The molecule has 0 aliphatic heterocycles. The Hall–Kier alpha value is -0.990. The highest BCUT2D eigenvalue weighted by Gasteiger charge is 2.18. The second-order valence-electron chi connectivity index (χ2n) is 2.57. The molecule has 10 heavy (non-hydrogen) atoms. The molecule has 56 valence electrons. The minimum atomic E-state index is 0.347. The molecule has 0 spiro atoms. The zero-order chi connectivity index (χ0) is 7.89. The summed E-state index contributed by atoms with van der Waals surface area (Å²) in [5.41, 5.74) is 0.903. The molecule has 0 atom stereocenters. The van der Waals surface area contributed by atoms with Gasteiger partial charge in [0.2, 0.25) is 0 Å². The maximum atomic E-state index is 9.35. The van der Waals surface area contributed by atoms with Gasteiger partial charge in [-0.25, -0.2) is 9.13 Å². The average Bonchev–Trinajstić information content (AvgIpc) is 2.07. The van der Waals surface area contributed by atoms with Gasteiger partial charge in [0.25, 0.3) is 5.82 Å². The van der Waals surface area contributed by atoms with Crippen LogP contribution in [0.2, 0.25) is 0 Å². The third-order valence-electron chi connectivity index (χ3n) is 2.12. The zero-order valence-electron chi connectivity index (χ0n) is 6.84. The third-order valence-corrected chi connectivity index (χ3v) is 2.12. The summed E-state index contributed by atoms with van der Waals surface area (Å²) in [5.74, 6) is 1.40. The largest absolute Gasteiger partial charge is 0.475 e. The van der Waals surface area contributed by atoms with Crippen LogP contribution in [0.5, 0.6) is 5.88 Å². The molecule has 0 saturated carbocycles. The van der Waals surface area contributed by atoms with E-state index in [1.165, 1.54) is 0 Å². The fourth-order valence-corrected chi connectivity index (χ4v) is 1.01. The molecule has 1 aromatic rings. The number of rotatable bonds is 0. The van der Waals surface area contributed by atoms with Crippen molar-refractivity contribution in [3.8, 4) is 5.88 Å². The van der Waals surface area contributed by atoms with Gasteiger partial charge in [-0.1, -0.05) is 0 Å². The first kappa shape index (κ1) is 7.12. The lowest BCUT2D eigenvalue weighted by atomic mass is 10.5. The van der Waals surface area contributed by atoms with Crippen LogP contribution in [0.4, 0.5) is 0 Å². The van der Waals surface area contributed by atoms with Crippen LogP contribution < -0.4 is 4.57 Å². The lowest BCUT2D eigenvalue weighted by Gasteiger charge is -1.86. The molecule has 0 aliphatic rings. The Balaban J connectivity index is 3.44. The van der Waals surface area contributed by atoms with Gasteiger partial charge < -0.3 is 5.11 Å². The van der Waals surface area contributed by atoms with Crippen LogP contribution >= 0.6 is 0 Å². The molecule has 0 aliphatic carbocycles. The van der Waals surface area contributed by atoms with E-state index in [1.807, 2.05) is 32.5 Å². The maximum Gasteiger partial charge on any atom is 0.325 e. The van der Waals surface area contributed by atoms with Crippen molar-refractivity contribution in [1.29, 1.82) is 0 Å². The minimum absolute atomic E-state index is 0.347. The van der Waals surface area contributed by atoms with Crippen molar-refractivity contribution in [3.63, 3.8) is 0 Å². The fraction of sp³-hybridized carbons (Fsp3) is 0.571. The SMILES string of the molecule is Cc1c(O)[n+](C)c(C)n1C. The van der Waals surface area contributed by atoms with Gasteiger partial charge in [0.15, 0.2) is 5.69 Å². The van der Waals surface area contributed by atoms with Gasteiger partial charge in [0.1, 0.15) is 0 Å². The predicted molar refractivity (Wildman–Crippen MR) is 37.7 cm³/mol. The summed E-state index contributed by atoms with van der Waals surface area (Å²) < 4.78 is 3.71. The molecule has 0 saturated heterocycles. The summed E-state index contributed by atoms with van der Waals surface area (Å²) in [6, 6.07) is 0. The number of aromatic hydroxyl groups is 1. The number of aromatic nitrogens is 2. The van der Waals surface area contributed by atoms with E-state index in [2.05, 4.69) is 0 Å². The van der Waals surface area contributed by atoms with E-state index in [0.717, 1.165) is 11.5 Å². The molecular formula is C7H13N2O+. The van der Waals surface area contributed by atoms with Crippen LogP contribution in [0.3, 0.4) is 0 Å². The first-order valence-corrected chi connectivity index (χ1v) is 3.26. The van der Waals surface area contributed by atoms with Crippen molar-refractivity contribution in [3.05, 3.63) is 11.5 Å². The van der Waals surface area contributed by atoms with E-state index in [-0.39, 0.29) is 0 Å². The maximum absolute atomic E-state index is 9.35. The lowest BCUT2D eigenvalue weighted by Crippen LogP contribution is -2.29. The van der Waals surface area contributed by atoms with Crippen molar-refractivity contribution in [2.75, 3.05) is 0 Å². The van der Waals surface area contributed by atoms with Crippen LogP contribution in [-0.2, 0) is 14.1 Å². The molecule has 0 fully saturated rings.